The summed E-state index contributed by atoms with van der Waals surface area (Å²) in [5.74, 6) is -1.13. The van der Waals surface area contributed by atoms with Gasteiger partial charge in [0.2, 0.25) is 15.9 Å². The summed E-state index contributed by atoms with van der Waals surface area (Å²) in [6.45, 7) is 4.44. The smallest absolute Gasteiger partial charge is 0.252 e. The van der Waals surface area contributed by atoms with Gasteiger partial charge in [0.25, 0.3) is 5.91 Å². The third-order valence-electron chi connectivity index (χ3n) is 6.95. The zero-order valence-corrected chi connectivity index (χ0v) is 24.8. The van der Waals surface area contributed by atoms with E-state index < -0.39 is 27.9 Å². The molecule has 40 heavy (non-hydrogen) atoms. The molecule has 0 radical (unpaired) electrons. The molecule has 4 rings (SSSR count). The average Bonchev–Trinajstić information content (AvgIpc) is 2.86. The number of nitrogens with one attached hydrogen (secondary N) is 1. The fourth-order valence-electron chi connectivity index (χ4n) is 5.06. The quantitative estimate of drug-likeness (QED) is 0.354. The van der Waals surface area contributed by atoms with E-state index >= 15 is 0 Å². The molecule has 0 aromatic heterocycles. The number of nitrogens with zero attached hydrogens (tertiary/aromatic N) is 2. The molecule has 11 heteroatoms. The van der Waals surface area contributed by atoms with Crippen molar-refractivity contribution < 1.29 is 18.0 Å². The molecule has 1 saturated heterocycles. The maximum absolute atomic E-state index is 13.1. The van der Waals surface area contributed by atoms with Crippen molar-refractivity contribution in [2.45, 2.75) is 38.4 Å². The summed E-state index contributed by atoms with van der Waals surface area (Å²) in [5.41, 5.74) is 8.77. The predicted octanol–water partition coefficient (Wildman–Crippen LogP) is 4.54. The Morgan fingerprint density at radius 1 is 1.00 bits per heavy atom. The van der Waals surface area contributed by atoms with Crippen LogP contribution < -0.4 is 15.4 Å². The highest BCUT2D eigenvalue weighted by atomic mass is 35.5. The number of primary amides is 1. The van der Waals surface area contributed by atoms with Gasteiger partial charge >= 0.3 is 0 Å². The van der Waals surface area contributed by atoms with Crippen LogP contribution in [0.25, 0.3) is 0 Å². The normalized spacial score (nSPS) is 14.9. The monoisotopic (exact) mass is 602 g/mol. The number of hydrogen-bond acceptors (Lipinski definition) is 5. The number of anilines is 1. The van der Waals surface area contributed by atoms with E-state index in [0.717, 1.165) is 17.4 Å². The Kier molecular flexibility index (Phi) is 9.09. The summed E-state index contributed by atoms with van der Waals surface area (Å²) in [6.07, 6.45) is 1.50. The first kappa shape index (κ1) is 29.9. The summed E-state index contributed by atoms with van der Waals surface area (Å²) in [7, 11) is -3.70. The number of halogens is 2. The van der Waals surface area contributed by atoms with Crippen molar-refractivity contribution in [1.29, 1.82) is 0 Å². The van der Waals surface area contributed by atoms with Gasteiger partial charge in [0.15, 0.2) is 0 Å². The number of aryl methyl sites for hydroxylation is 1. The van der Waals surface area contributed by atoms with Crippen LogP contribution >= 0.6 is 23.2 Å². The molecule has 0 aliphatic carbocycles. The Morgan fingerprint density at radius 3 is 1.98 bits per heavy atom. The SMILES string of the molecule is CC[C@H](NC(=O)c1cc(C)cc(N(C2CN(C(c3ccc(Cl)cc3)c3ccc(Cl)cc3)C2)S(C)(=O)=O)c1)C(N)=O. The first-order chi connectivity index (χ1) is 18.9. The zero-order valence-electron chi connectivity index (χ0n) is 22.5. The third kappa shape index (κ3) is 6.78. The predicted molar refractivity (Wildman–Crippen MR) is 159 cm³/mol. The molecule has 212 valence electrons. The van der Waals surface area contributed by atoms with Gasteiger partial charge in [-0.05, 0) is 72.5 Å². The summed E-state index contributed by atoms with van der Waals surface area (Å²) in [5, 5.41) is 3.89. The molecule has 0 unspecified atom stereocenters. The number of likely N-dealkylation sites (tertiary alicyclic amines) is 1. The van der Waals surface area contributed by atoms with Crippen LogP contribution in [0, 0.1) is 6.92 Å². The number of carbonyl (C=O) groups is 2. The standard InChI is InChI=1S/C29H32Cl2N4O4S/c1-4-26(28(32)36)33-29(37)21-13-18(2)14-24(15-21)35(40(3,38)39)25-16-34(17-25)27(19-5-9-22(30)10-6-19)20-7-11-23(31)12-8-20/h5-15,25-27H,4,16-17H2,1-3H3,(H2,32,36)(H,33,37)/t26-/m0/s1. The van der Waals surface area contributed by atoms with Crippen molar-refractivity contribution in [3.63, 3.8) is 0 Å². The fourth-order valence-corrected chi connectivity index (χ4v) is 6.48. The number of carbonyl (C=O) groups excluding carboxylic acids is 2. The van der Waals surface area contributed by atoms with E-state index in [9.17, 15) is 18.0 Å². The van der Waals surface area contributed by atoms with Crippen molar-refractivity contribution in [1.82, 2.24) is 10.2 Å². The molecule has 2 amide bonds. The van der Waals surface area contributed by atoms with Crippen LogP contribution in [0.2, 0.25) is 10.0 Å². The Hall–Kier alpha value is -3.11. The van der Waals surface area contributed by atoms with Crippen molar-refractivity contribution in [2.24, 2.45) is 5.73 Å². The molecule has 0 saturated carbocycles. The molecule has 3 N–H and O–H groups in total. The second-order valence-corrected chi connectivity index (χ2v) is 12.8. The number of amides is 2. The lowest BCUT2D eigenvalue weighted by Crippen LogP contribution is -2.61. The Labute approximate surface area is 245 Å². The molecule has 3 aromatic rings. The summed E-state index contributed by atoms with van der Waals surface area (Å²) >= 11 is 12.3. The lowest BCUT2D eigenvalue weighted by molar-refractivity contribution is -0.119. The van der Waals surface area contributed by atoms with E-state index in [0.29, 0.717) is 40.8 Å². The maximum atomic E-state index is 13.1. The Balaban J connectivity index is 1.63. The largest absolute Gasteiger partial charge is 0.368 e. The van der Waals surface area contributed by atoms with Crippen LogP contribution in [-0.2, 0) is 14.8 Å². The minimum absolute atomic E-state index is 0.134. The summed E-state index contributed by atoms with van der Waals surface area (Å²) in [4.78, 5) is 26.8. The molecule has 8 nitrogen and oxygen atoms in total. The molecular weight excluding hydrogens is 571 g/mol. The number of rotatable bonds is 10. The Bertz CT molecular complexity index is 1450. The van der Waals surface area contributed by atoms with Gasteiger partial charge in [-0.25, -0.2) is 8.42 Å². The van der Waals surface area contributed by atoms with Crippen LogP contribution in [0.3, 0.4) is 0 Å². The van der Waals surface area contributed by atoms with Gasteiger partial charge < -0.3 is 11.1 Å². The first-order valence-electron chi connectivity index (χ1n) is 12.8. The zero-order chi connectivity index (χ0) is 29.2. The second kappa shape index (κ2) is 12.2. The van der Waals surface area contributed by atoms with Gasteiger partial charge in [0.05, 0.1) is 24.0 Å². The minimum Gasteiger partial charge on any atom is -0.368 e. The van der Waals surface area contributed by atoms with Gasteiger partial charge in [0.1, 0.15) is 6.04 Å². The maximum Gasteiger partial charge on any atom is 0.252 e. The lowest BCUT2D eigenvalue weighted by Gasteiger charge is -2.49. The van der Waals surface area contributed by atoms with Crippen LogP contribution in [-0.4, -0.2) is 56.6 Å². The van der Waals surface area contributed by atoms with Gasteiger partial charge in [-0.1, -0.05) is 54.4 Å². The van der Waals surface area contributed by atoms with Crippen LogP contribution in [0.4, 0.5) is 5.69 Å². The topological polar surface area (TPSA) is 113 Å². The van der Waals surface area contributed by atoms with E-state index in [1.165, 1.54) is 10.4 Å². The van der Waals surface area contributed by atoms with Crippen molar-refractivity contribution >= 4 is 50.7 Å². The summed E-state index contributed by atoms with van der Waals surface area (Å²) in [6, 6.07) is 18.8. The molecule has 1 atom stereocenters. The average molecular weight is 604 g/mol. The van der Waals surface area contributed by atoms with E-state index in [1.54, 1.807) is 26.0 Å². The number of nitrogens with two attached hydrogens (primary N) is 1. The molecule has 1 fully saturated rings. The third-order valence-corrected chi connectivity index (χ3v) is 8.68. The first-order valence-corrected chi connectivity index (χ1v) is 15.4. The highest BCUT2D eigenvalue weighted by Gasteiger charge is 2.41. The highest BCUT2D eigenvalue weighted by Crippen LogP contribution is 2.37. The van der Waals surface area contributed by atoms with E-state index in [2.05, 4.69) is 10.2 Å². The van der Waals surface area contributed by atoms with Gasteiger partial charge in [-0.15, -0.1) is 0 Å². The lowest BCUT2D eigenvalue weighted by atomic mass is 9.93. The van der Waals surface area contributed by atoms with E-state index in [-0.39, 0.29) is 17.6 Å². The molecule has 0 spiro atoms. The van der Waals surface area contributed by atoms with Gasteiger partial charge in [0, 0.05) is 28.7 Å². The van der Waals surface area contributed by atoms with E-state index in [1.807, 2.05) is 48.5 Å². The summed E-state index contributed by atoms with van der Waals surface area (Å²) < 4.78 is 27.5. The van der Waals surface area contributed by atoms with Crippen LogP contribution in [0.15, 0.2) is 66.7 Å². The van der Waals surface area contributed by atoms with Crippen molar-refractivity contribution in [2.75, 3.05) is 23.7 Å². The minimum atomic E-state index is -3.70. The van der Waals surface area contributed by atoms with Gasteiger partial charge in [-0.2, -0.15) is 0 Å². The number of benzene rings is 3. The van der Waals surface area contributed by atoms with Crippen molar-refractivity contribution in [3.8, 4) is 0 Å². The highest BCUT2D eigenvalue weighted by molar-refractivity contribution is 7.92. The number of hydrogen-bond donors (Lipinski definition) is 2. The number of sulfonamides is 1. The van der Waals surface area contributed by atoms with Gasteiger partial charge in [-0.3, -0.25) is 18.8 Å². The molecule has 1 heterocycles. The molecule has 0 bridgehead atoms. The van der Waals surface area contributed by atoms with Crippen molar-refractivity contribution in [3.05, 3.63) is 99.0 Å². The molecule has 1 aliphatic rings. The molecule has 3 aromatic carbocycles. The molecule has 1 aliphatic heterocycles. The van der Waals surface area contributed by atoms with E-state index in [4.69, 9.17) is 28.9 Å². The Morgan fingerprint density at radius 2 is 1.52 bits per heavy atom. The fraction of sp³-hybridized carbons (Fsp3) is 0.310. The van der Waals surface area contributed by atoms with Crippen LogP contribution in [0.1, 0.15) is 46.4 Å². The second-order valence-electron chi connectivity index (χ2n) is 10.1. The van der Waals surface area contributed by atoms with Crippen LogP contribution in [0.5, 0.6) is 0 Å². The molecular formula is C29H32Cl2N4O4S.